The van der Waals surface area contributed by atoms with Crippen molar-refractivity contribution in [1.29, 1.82) is 0 Å². The second-order valence-electron chi connectivity index (χ2n) is 8.26. The monoisotopic (exact) mass is 458 g/mol. The third kappa shape index (κ3) is 5.92. The topological polar surface area (TPSA) is 72.1 Å². The largest absolute Gasteiger partial charge is 0.339 e. The zero-order chi connectivity index (χ0) is 23.9. The highest BCUT2D eigenvalue weighted by molar-refractivity contribution is 5.76. The number of halogens is 1. The van der Waals surface area contributed by atoms with E-state index in [4.69, 9.17) is 4.52 Å². The van der Waals surface area contributed by atoms with E-state index in [-0.39, 0.29) is 18.1 Å². The van der Waals surface area contributed by atoms with Crippen LogP contribution in [0.2, 0.25) is 0 Å². The molecule has 0 aliphatic heterocycles. The smallest absolute Gasteiger partial charge is 0.227 e. The first-order chi connectivity index (χ1) is 16.5. The fourth-order valence-corrected chi connectivity index (χ4v) is 3.67. The molecule has 2 heterocycles. The summed E-state index contributed by atoms with van der Waals surface area (Å²) in [5.41, 5.74) is 4.48. The lowest BCUT2D eigenvalue weighted by atomic mass is 10.1. The number of hydrogen-bond donors (Lipinski definition) is 0. The molecule has 0 aliphatic rings. The maximum Gasteiger partial charge on any atom is 0.227 e. The number of amides is 1. The van der Waals surface area contributed by atoms with Crippen LogP contribution < -0.4 is 0 Å². The van der Waals surface area contributed by atoms with Gasteiger partial charge >= 0.3 is 0 Å². The number of pyridine rings is 1. The first kappa shape index (κ1) is 23.3. The van der Waals surface area contributed by atoms with Gasteiger partial charge in [0.25, 0.3) is 0 Å². The summed E-state index contributed by atoms with van der Waals surface area (Å²) in [4.78, 5) is 23.6. The third-order valence-corrected chi connectivity index (χ3v) is 5.69. The van der Waals surface area contributed by atoms with E-state index in [1.165, 1.54) is 11.6 Å². The molecule has 4 rings (SSSR count). The maximum atomic E-state index is 13.5. The molecular weight excluding hydrogens is 431 g/mol. The summed E-state index contributed by atoms with van der Waals surface area (Å²) in [6.07, 6.45) is 5.02. The molecule has 34 heavy (non-hydrogen) atoms. The van der Waals surface area contributed by atoms with E-state index in [2.05, 4.69) is 46.3 Å². The average Bonchev–Trinajstić information content (AvgIpc) is 3.34. The minimum absolute atomic E-state index is 0.0132. The molecule has 0 radical (unpaired) electrons. The lowest BCUT2D eigenvalue weighted by Crippen LogP contribution is -2.30. The first-order valence-corrected chi connectivity index (χ1v) is 11.4. The van der Waals surface area contributed by atoms with E-state index in [9.17, 15) is 9.18 Å². The van der Waals surface area contributed by atoms with Gasteiger partial charge in [-0.3, -0.25) is 9.78 Å². The van der Waals surface area contributed by atoms with Crippen molar-refractivity contribution in [2.45, 2.75) is 46.2 Å². The van der Waals surface area contributed by atoms with Crippen molar-refractivity contribution in [1.82, 2.24) is 20.0 Å². The zero-order valence-electron chi connectivity index (χ0n) is 19.4. The number of hydrogen-bond acceptors (Lipinski definition) is 5. The van der Waals surface area contributed by atoms with Crippen LogP contribution in [-0.2, 0) is 30.7 Å². The van der Waals surface area contributed by atoms with Gasteiger partial charge < -0.3 is 9.42 Å². The summed E-state index contributed by atoms with van der Waals surface area (Å²) in [7, 11) is 0. The highest BCUT2D eigenvalue weighted by atomic mass is 19.1. The number of benzene rings is 2. The lowest BCUT2D eigenvalue weighted by Gasteiger charge is -2.23. The number of carbonyl (C=O) groups excluding carboxylic acids is 1. The minimum Gasteiger partial charge on any atom is -0.339 e. The van der Waals surface area contributed by atoms with Crippen molar-refractivity contribution in [2.75, 3.05) is 0 Å². The van der Waals surface area contributed by atoms with Crippen LogP contribution in [0, 0.1) is 12.7 Å². The Morgan fingerprint density at radius 3 is 2.50 bits per heavy atom. The van der Waals surface area contributed by atoms with Crippen LogP contribution in [0.5, 0.6) is 0 Å². The second-order valence-corrected chi connectivity index (χ2v) is 8.26. The van der Waals surface area contributed by atoms with Crippen LogP contribution in [0.25, 0.3) is 11.4 Å². The lowest BCUT2D eigenvalue weighted by molar-refractivity contribution is -0.132. The highest BCUT2D eigenvalue weighted by Crippen LogP contribution is 2.20. The Bertz CT molecular complexity index is 1240. The van der Waals surface area contributed by atoms with E-state index >= 15 is 0 Å². The molecular formula is C27H27FN4O2. The molecule has 0 N–H and O–H groups in total. The SMILES string of the molecule is CCc1ccc(CN(Cc2cccnc2)C(=O)CCc2nc(-c3ccc(F)c(C)c3)no2)cc1. The molecule has 7 heteroatoms. The normalized spacial score (nSPS) is 10.9. The van der Waals surface area contributed by atoms with Crippen molar-refractivity contribution >= 4 is 5.91 Å². The molecule has 0 aliphatic carbocycles. The van der Waals surface area contributed by atoms with E-state index in [0.29, 0.717) is 42.4 Å². The minimum atomic E-state index is -0.281. The van der Waals surface area contributed by atoms with Crippen LogP contribution >= 0.6 is 0 Å². The molecule has 0 saturated carbocycles. The molecule has 2 aromatic carbocycles. The van der Waals surface area contributed by atoms with E-state index in [1.54, 1.807) is 31.5 Å². The molecule has 6 nitrogen and oxygen atoms in total. The van der Waals surface area contributed by atoms with Gasteiger partial charge in [-0.2, -0.15) is 4.98 Å². The Balaban J connectivity index is 1.44. The quantitative estimate of drug-likeness (QED) is 0.340. The van der Waals surface area contributed by atoms with Crippen molar-refractivity contribution in [3.8, 4) is 11.4 Å². The first-order valence-electron chi connectivity index (χ1n) is 11.4. The zero-order valence-corrected chi connectivity index (χ0v) is 19.4. The van der Waals surface area contributed by atoms with Gasteiger partial charge in [0.1, 0.15) is 5.82 Å². The van der Waals surface area contributed by atoms with Gasteiger partial charge in [0.2, 0.25) is 17.6 Å². The molecule has 2 aromatic heterocycles. The molecule has 0 saturated heterocycles. The molecule has 0 unspecified atom stereocenters. The van der Waals surface area contributed by atoms with Gasteiger partial charge in [-0.25, -0.2) is 4.39 Å². The van der Waals surface area contributed by atoms with Gasteiger partial charge in [0, 0.05) is 43.9 Å². The highest BCUT2D eigenvalue weighted by Gasteiger charge is 2.17. The van der Waals surface area contributed by atoms with E-state index < -0.39 is 0 Å². The summed E-state index contributed by atoms with van der Waals surface area (Å²) in [5, 5.41) is 3.99. The van der Waals surface area contributed by atoms with Gasteiger partial charge in [0.15, 0.2) is 0 Å². The van der Waals surface area contributed by atoms with Gasteiger partial charge in [-0.1, -0.05) is 42.4 Å². The van der Waals surface area contributed by atoms with Crippen molar-refractivity contribution < 1.29 is 13.7 Å². The Kier molecular flexibility index (Phi) is 7.42. The van der Waals surface area contributed by atoms with Crippen molar-refractivity contribution in [3.05, 3.63) is 101 Å². The molecule has 4 aromatic rings. The number of rotatable bonds is 9. The van der Waals surface area contributed by atoms with Crippen LogP contribution in [0.15, 0.2) is 71.5 Å². The van der Waals surface area contributed by atoms with Gasteiger partial charge in [-0.15, -0.1) is 0 Å². The number of aromatic nitrogens is 3. The summed E-state index contributed by atoms with van der Waals surface area (Å²) >= 11 is 0. The van der Waals surface area contributed by atoms with Crippen LogP contribution in [0.1, 0.15) is 41.5 Å². The Labute approximate surface area is 198 Å². The van der Waals surface area contributed by atoms with Crippen LogP contribution in [0.4, 0.5) is 4.39 Å². The standard InChI is InChI=1S/C27H27FN4O2/c1-3-20-6-8-21(9-7-20)17-32(18-22-5-4-14-29-16-22)26(33)13-12-25-30-27(31-34-25)23-10-11-24(28)19(2)15-23/h4-11,14-16H,3,12-13,17-18H2,1-2H3. The number of nitrogens with zero attached hydrogens (tertiary/aromatic N) is 4. The molecule has 0 spiro atoms. The summed E-state index contributed by atoms with van der Waals surface area (Å²) in [6, 6.07) is 16.8. The number of carbonyl (C=O) groups is 1. The van der Waals surface area contributed by atoms with Crippen molar-refractivity contribution in [3.63, 3.8) is 0 Å². The average molecular weight is 459 g/mol. The summed E-state index contributed by atoms with van der Waals surface area (Å²) in [5.74, 6) is 0.463. The summed E-state index contributed by atoms with van der Waals surface area (Å²) in [6.45, 7) is 4.77. The Hall–Kier alpha value is -3.87. The van der Waals surface area contributed by atoms with Crippen molar-refractivity contribution in [2.24, 2.45) is 0 Å². The maximum absolute atomic E-state index is 13.5. The third-order valence-electron chi connectivity index (χ3n) is 5.69. The number of aryl methyl sites for hydroxylation is 3. The van der Waals surface area contributed by atoms with Crippen LogP contribution in [-0.4, -0.2) is 25.9 Å². The molecule has 1 amide bonds. The second kappa shape index (κ2) is 10.8. The predicted molar refractivity (Wildman–Crippen MR) is 127 cm³/mol. The van der Waals surface area contributed by atoms with Gasteiger partial charge in [0.05, 0.1) is 0 Å². The fourth-order valence-electron chi connectivity index (χ4n) is 3.67. The molecule has 0 bridgehead atoms. The Morgan fingerprint density at radius 2 is 1.79 bits per heavy atom. The molecule has 0 atom stereocenters. The van der Waals surface area contributed by atoms with E-state index in [0.717, 1.165) is 17.5 Å². The fraction of sp³-hybridized carbons (Fsp3) is 0.259. The van der Waals surface area contributed by atoms with E-state index in [1.807, 2.05) is 17.0 Å². The van der Waals surface area contributed by atoms with Crippen LogP contribution in [0.3, 0.4) is 0 Å². The molecule has 174 valence electrons. The summed E-state index contributed by atoms with van der Waals surface area (Å²) < 4.78 is 18.9. The van der Waals surface area contributed by atoms with Gasteiger partial charge in [-0.05, 0) is 59.9 Å². The predicted octanol–water partition coefficient (Wildman–Crippen LogP) is 5.30. The molecule has 0 fully saturated rings. The Morgan fingerprint density at radius 1 is 1.03 bits per heavy atom.